The van der Waals surface area contributed by atoms with E-state index in [0.717, 1.165) is 17.2 Å². The van der Waals surface area contributed by atoms with Gasteiger partial charge in [0.25, 0.3) is 0 Å². The molecule has 2 aromatic rings. The summed E-state index contributed by atoms with van der Waals surface area (Å²) in [5.41, 5.74) is 3.54. The highest BCUT2D eigenvalue weighted by atomic mass is 32.1. The van der Waals surface area contributed by atoms with Crippen LogP contribution in [-0.4, -0.2) is 17.1 Å². The molecule has 0 radical (unpaired) electrons. The highest BCUT2D eigenvalue weighted by Crippen LogP contribution is 2.15. The lowest BCUT2D eigenvalue weighted by Gasteiger charge is -2.20. The molecule has 3 nitrogen and oxygen atoms in total. The first-order chi connectivity index (χ1) is 9.45. The molecule has 0 atom stereocenters. The van der Waals surface area contributed by atoms with Gasteiger partial charge in [0.2, 0.25) is 0 Å². The normalized spacial score (nSPS) is 10.4. The van der Waals surface area contributed by atoms with Crippen molar-refractivity contribution in [2.24, 2.45) is 0 Å². The Morgan fingerprint density at radius 3 is 2.50 bits per heavy atom. The van der Waals surface area contributed by atoms with E-state index in [1.54, 1.807) is 0 Å². The van der Waals surface area contributed by atoms with Crippen molar-refractivity contribution in [2.75, 3.05) is 12.4 Å². The molecule has 4 heteroatoms. The summed E-state index contributed by atoms with van der Waals surface area (Å²) in [5, 5.41) is 3.94. The average molecular weight is 288 g/mol. The van der Waals surface area contributed by atoms with E-state index in [1.165, 1.54) is 11.1 Å². The van der Waals surface area contributed by atoms with Crippen molar-refractivity contribution < 1.29 is 4.42 Å². The molecule has 0 unspecified atom stereocenters. The van der Waals surface area contributed by atoms with Crippen LogP contribution in [0.3, 0.4) is 0 Å². The van der Waals surface area contributed by atoms with Gasteiger partial charge in [-0.1, -0.05) is 6.07 Å². The third-order valence-electron chi connectivity index (χ3n) is 3.29. The molecule has 0 aliphatic heterocycles. The Kier molecular flexibility index (Phi) is 4.45. The number of hydrogen-bond acceptors (Lipinski definition) is 2. The van der Waals surface area contributed by atoms with E-state index in [9.17, 15) is 0 Å². The SMILES string of the molecule is Cc1ccc(CN(C)C(=S)Nc2ccc(C)c(C)c2)o1. The van der Waals surface area contributed by atoms with Crippen LogP contribution in [-0.2, 0) is 6.54 Å². The number of hydrogen-bond donors (Lipinski definition) is 1. The van der Waals surface area contributed by atoms with Crippen molar-refractivity contribution >= 4 is 23.0 Å². The van der Waals surface area contributed by atoms with Gasteiger partial charge >= 0.3 is 0 Å². The van der Waals surface area contributed by atoms with E-state index >= 15 is 0 Å². The van der Waals surface area contributed by atoms with Crippen LogP contribution in [0.4, 0.5) is 5.69 Å². The van der Waals surface area contributed by atoms with E-state index in [1.807, 2.05) is 37.1 Å². The zero-order valence-electron chi connectivity index (χ0n) is 12.4. The number of thiocarbonyl (C=S) groups is 1. The topological polar surface area (TPSA) is 28.4 Å². The summed E-state index contributed by atoms with van der Waals surface area (Å²) in [7, 11) is 1.95. The summed E-state index contributed by atoms with van der Waals surface area (Å²) in [4.78, 5) is 1.96. The van der Waals surface area contributed by atoms with Gasteiger partial charge in [0.05, 0.1) is 6.54 Å². The van der Waals surface area contributed by atoms with Gasteiger partial charge in [-0.3, -0.25) is 0 Å². The predicted octanol–water partition coefficient (Wildman–Crippen LogP) is 4.03. The third-order valence-corrected chi connectivity index (χ3v) is 3.71. The molecule has 0 fully saturated rings. The van der Waals surface area contributed by atoms with Crippen LogP contribution in [0, 0.1) is 20.8 Å². The second kappa shape index (κ2) is 6.09. The molecule has 0 bridgehead atoms. The smallest absolute Gasteiger partial charge is 0.173 e. The first-order valence-electron chi connectivity index (χ1n) is 6.60. The highest BCUT2D eigenvalue weighted by Gasteiger charge is 2.08. The Bertz CT molecular complexity index is 619. The fourth-order valence-corrected chi connectivity index (χ4v) is 2.10. The van der Waals surface area contributed by atoms with Crippen LogP contribution < -0.4 is 5.32 Å². The Morgan fingerprint density at radius 2 is 1.90 bits per heavy atom. The van der Waals surface area contributed by atoms with Gasteiger partial charge in [0.15, 0.2) is 5.11 Å². The average Bonchev–Trinajstić information content (AvgIpc) is 2.79. The van der Waals surface area contributed by atoms with Crippen molar-refractivity contribution in [3.63, 3.8) is 0 Å². The van der Waals surface area contributed by atoms with Crippen molar-refractivity contribution in [3.05, 3.63) is 53.0 Å². The van der Waals surface area contributed by atoms with Crippen LogP contribution in [0.2, 0.25) is 0 Å². The summed E-state index contributed by atoms with van der Waals surface area (Å²) in [5.74, 6) is 1.83. The minimum absolute atomic E-state index is 0.657. The largest absolute Gasteiger partial charge is 0.464 e. The lowest BCUT2D eigenvalue weighted by atomic mass is 10.1. The molecule has 0 saturated heterocycles. The van der Waals surface area contributed by atoms with Crippen LogP contribution >= 0.6 is 12.2 Å². The number of furan rings is 1. The van der Waals surface area contributed by atoms with E-state index in [2.05, 4.69) is 31.3 Å². The van der Waals surface area contributed by atoms with E-state index < -0.39 is 0 Å². The predicted molar refractivity (Wildman–Crippen MR) is 87.0 cm³/mol. The lowest BCUT2D eigenvalue weighted by Crippen LogP contribution is -2.30. The van der Waals surface area contributed by atoms with Crippen LogP contribution in [0.5, 0.6) is 0 Å². The molecule has 1 N–H and O–H groups in total. The third kappa shape index (κ3) is 3.61. The van der Waals surface area contributed by atoms with Gasteiger partial charge in [-0.15, -0.1) is 0 Å². The maximum Gasteiger partial charge on any atom is 0.173 e. The standard InChI is InChI=1S/C16H20N2OS/c1-11-5-7-14(9-12(11)2)17-16(20)18(4)10-15-8-6-13(3)19-15/h5-9H,10H2,1-4H3,(H,17,20). The maximum atomic E-state index is 5.56. The molecule has 2 rings (SSSR count). The minimum Gasteiger partial charge on any atom is -0.464 e. The molecule has 106 valence electrons. The number of rotatable bonds is 3. The first kappa shape index (κ1) is 14.6. The second-order valence-electron chi connectivity index (χ2n) is 5.10. The molecule has 1 aromatic heterocycles. The monoisotopic (exact) mass is 288 g/mol. The van der Waals surface area contributed by atoms with Gasteiger partial charge in [-0.25, -0.2) is 0 Å². The van der Waals surface area contributed by atoms with Gasteiger partial charge in [-0.2, -0.15) is 0 Å². The Balaban J connectivity index is 1.98. The van der Waals surface area contributed by atoms with Gasteiger partial charge in [0, 0.05) is 12.7 Å². The summed E-state index contributed by atoms with van der Waals surface area (Å²) < 4.78 is 5.56. The van der Waals surface area contributed by atoms with Crippen molar-refractivity contribution in [1.29, 1.82) is 0 Å². The van der Waals surface area contributed by atoms with Gasteiger partial charge < -0.3 is 14.6 Å². The highest BCUT2D eigenvalue weighted by molar-refractivity contribution is 7.80. The quantitative estimate of drug-likeness (QED) is 0.863. The molecule has 1 heterocycles. The van der Waals surface area contributed by atoms with E-state index in [4.69, 9.17) is 16.6 Å². The van der Waals surface area contributed by atoms with Crippen LogP contribution in [0.25, 0.3) is 0 Å². The molecule has 0 spiro atoms. The molecule has 0 aliphatic carbocycles. The summed E-state index contributed by atoms with van der Waals surface area (Å²) in [6.07, 6.45) is 0. The Labute approximate surface area is 125 Å². The molecule has 0 saturated carbocycles. The van der Waals surface area contributed by atoms with Crippen molar-refractivity contribution in [1.82, 2.24) is 4.90 Å². The summed E-state index contributed by atoms with van der Waals surface area (Å²) >= 11 is 5.41. The molecule has 1 aromatic carbocycles. The fraction of sp³-hybridized carbons (Fsp3) is 0.312. The van der Waals surface area contributed by atoms with Crippen molar-refractivity contribution in [2.45, 2.75) is 27.3 Å². The zero-order chi connectivity index (χ0) is 14.7. The number of nitrogens with zero attached hydrogens (tertiary/aromatic N) is 1. The number of benzene rings is 1. The second-order valence-corrected chi connectivity index (χ2v) is 5.48. The van der Waals surface area contributed by atoms with Crippen LogP contribution in [0.15, 0.2) is 34.7 Å². The Hall–Kier alpha value is -1.81. The summed E-state index contributed by atoms with van der Waals surface area (Å²) in [6, 6.07) is 10.2. The maximum absolute atomic E-state index is 5.56. The van der Waals surface area contributed by atoms with Gasteiger partial charge in [0.1, 0.15) is 11.5 Å². The van der Waals surface area contributed by atoms with E-state index in [-0.39, 0.29) is 0 Å². The number of nitrogens with one attached hydrogen (secondary N) is 1. The molecular formula is C16H20N2OS. The molecule has 20 heavy (non-hydrogen) atoms. The molecule has 0 aliphatic rings. The van der Waals surface area contributed by atoms with Crippen LogP contribution in [0.1, 0.15) is 22.6 Å². The van der Waals surface area contributed by atoms with Gasteiger partial charge in [-0.05, 0) is 68.4 Å². The van der Waals surface area contributed by atoms with E-state index in [0.29, 0.717) is 11.7 Å². The number of anilines is 1. The fourth-order valence-electron chi connectivity index (χ4n) is 1.91. The first-order valence-corrected chi connectivity index (χ1v) is 7.01. The number of aryl methyl sites for hydroxylation is 3. The molecule has 0 amide bonds. The summed E-state index contributed by atoms with van der Waals surface area (Å²) in [6.45, 7) is 6.79. The Morgan fingerprint density at radius 1 is 1.15 bits per heavy atom. The zero-order valence-corrected chi connectivity index (χ0v) is 13.2. The molecular weight excluding hydrogens is 268 g/mol. The minimum atomic E-state index is 0.657. The lowest BCUT2D eigenvalue weighted by molar-refractivity contribution is 0.403. The van der Waals surface area contributed by atoms with Crippen molar-refractivity contribution in [3.8, 4) is 0 Å².